The summed E-state index contributed by atoms with van der Waals surface area (Å²) in [5.74, 6) is -0.253. The lowest BCUT2D eigenvalue weighted by Crippen LogP contribution is -2.35. The van der Waals surface area contributed by atoms with Crippen molar-refractivity contribution in [2.24, 2.45) is 0 Å². The molecular weight excluding hydrogens is 352 g/mol. The summed E-state index contributed by atoms with van der Waals surface area (Å²) in [4.78, 5) is 38.4. The van der Waals surface area contributed by atoms with Gasteiger partial charge in [0.15, 0.2) is 0 Å². The third-order valence-electron chi connectivity index (χ3n) is 4.11. The predicted octanol–water partition coefficient (Wildman–Crippen LogP) is 2.98. The molecule has 0 unspecified atom stereocenters. The molecule has 1 aromatic heterocycles. The van der Waals surface area contributed by atoms with Crippen LogP contribution in [0.4, 0.5) is 5.69 Å². The van der Waals surface area contributed by atoms with Gasteiger partial charge in [-0.2, -0.15) is 0 Å². The molecule has 0 radical (unpaired) electrons. The second-order valence-corrected chi connectivity index (χ2v) is 7.11. The Labute approximate surface area is 155 Å². The fraction of sp³-hybridized carbons (Fsp3) is 0.316. The Morgan fingerprint density at radius 2 is 1.92 bits per heavy atom. The van der Waals surface area contributed by atoms with E-state index >= 15 is 0 Å². The first-order valence-electron chi connectivity index (χ1n) is 8.42. The van der Waals surface area contributed by atoms with Crippen LogP contribution >= 0.6 is 11.3 Å². The number of hydrogen-bond donors (Lipinski definition) is 1. The third kappa shape index (κ3) is 4.70. The van der Waals surface area contributed by atoms with E-state index in [-0.39, 0.29) is 24.7 Å². The molecule has 0 atom stereocenters. The molecule has 26 heavy (non-hydrogen) atoms. The van der Waals surface area contributed by atoms with Gasteiger partial charge in [0.1, 0.15) is 5.75 Å². The molecule has 0 aliphatic carbocycles. The number of rotatable bonds is 5. The lowest BCUT2D eigenvalue weighted by atomic mass is 10.1. The Kier molecular flexibility index (Phi) is 5.68. The zero-order valence-electron chi connectivity index (χ0n) is 14.5. The quantitative estimate of drug-likeness (QED) is 0.647. The van der Waals surface area contributed by atoms with Gasteiger partial charge in [-0.15, -0.1) is 11.3 Å². The molecule has 2 amide bonds. The maximum Gasteiger partial charge on any atom is 0.311 e. The Bertz CT molecular complexity index is 813. The molecule has 0 fully saturated rings. The number of thiophene rings is 1. The predicted molar refractivity (Wildman–Crippen MR) is 99.1 cm³/mol. The summed E-state index contributed by atoms with van der Waals surface area (Å²) in [6.45, 7) is 2.75. The monoisotopic (exact) mass is 372 g/mol. The minimum Gasteiger partial charge on any atom is -0.427 e. The van der Waals surface area contributed by atoms with Gasteiger partial charge in [-0.25, -0.2) is 0 Å². The number of esters is 1. The number of fused-ring (bicyclic) bond motifs is 1. The van der Waals surface area contributed by atoms with Crippen LogP contribution in [0.2, 0.25) is 0 Å². The van der Waals surface area contributed by atoms with E-state index in [1.54, 1.807) is 40.5 Å². The van der Waals surface area contributed by atoms with Gasteiger partial charge < -0.3 is 15.0 Å². The number of carbonyl (C=O) groups excluding carboxylic acids is 3. The van der Waals surface area contributed by atoms with E-state index < -0.39 is 5.97 Å². The fourth-order valence-electron chi connectivity index (χ4n) is 2.82. The Balaban J connectivity index is 1.45. The average Bonchev–Trinajstić information content (AvgIpc) is 3.08. The van der Waals surface area contributed by atoms with Crippen molar-refractivity contribution in [2.45, 2.75) is 32.7 Å². The first kappa shape index (κ1) is 18.1. The first-order valence-corrected chi connectivity index (χ1v) is 9.30. The van der Waals surface area contributed by atoms with Crippen LogP contribution in [0.5, 0.6) is 5.75 Å². The van der Waals surface area contributed by atoms with E-state index in [0.717, 1.165) is 6.42 Å². The molecule has 3 rings (SSSR count). The molecule has 6 nitrogen and oxygen atoms in total. The lowest BCUT2D eigenvalue weighted by Gasteiger charge is -2.27. The second-order valence-electron chi connectivity index (χ2n) is 6.11. The van der Waals surface area contributed by atoms with Crippen molar-refractivity contribution in [1.29, 1.82) is 0 Å². The normalized spacial score (nSPS) is 13.0. The molecule has 1 N–H and O–H groups in total. The number of nitrogens with one attached hydrogen (secondary N) is 1. The van der Waals surface area contributed by atoms with Crippen molar-refractivity contribution >= 4 is 34.8 Å². The molecule has 2 aromatic rings. The average molecular weight is 372 g/mol. The molecular formula is C19H20N2O4S. The van der Waals surface area contributed by atoms with Crippen molar-refractivity contribution in [3.05, 3.63) is 46.2 Å². The zero-order valence-corrected chi connectivity index (χ0v) is 15.3. The summed E-state index contributed by atoms with van der Waals surface area (Å²) < 4.78 is 5.24. The number of amides is 2. The SMILES string of the molecule is CC(=O)Nc1ccc(OC(=O)CCC(=O)N2CCc3sccc3C2)cc1. The van der Waals surface area contributed by atoms with Gasteiger partial charge in [0, 0.05) is 37.0 Å². The van der Waals surface area contributed by atoms with E-state index in [1.165, 1.54) is 17.4 Å². The lowest BCUT2D eigenvalue weighted by molar-refractivity contribution is -0.139. The van der Waals surface area contributed by atoms with Crippen LogP contribution in [0, 0.1) is 0 Å². The van der Waals surface area contributed by atoms with E-state index in [4.69, 9.17) is 4.74 Å². The number of hydrogen-bond acceptors (Lipinski definition) is 5. The van der Waals surface area contributed by atoms with Gasteiger partial charge in [0.05, 0.1) is 6.42 Å². The molecule has 1 aliphatic heterocycles. The van der Waals surface area contributed by atoms with Gasteiger partial charge in [0.25, 0.3) is 0 Å². The van der Waals surface area contributed by atoms with Gasteiger partial charge in [-0.3, -0.25) is 14.4 Å². The highest BCUT2D eigenvalue weighted by atomic mass is 32.1. The highest BCUT2D eigenvalue weighted by molar-refractivity contribution is 7.10. The molecule has 136 valence electrons. The minimum atomic E-state index is -0.446. The number of nitrogens with zero attached hydrogens (tertiary/aromatic N) is 1. The van der Waals surface area contributed by atoms with E-state index in [2.05, 4.69) is 11.4 Å². The number of benzene rings is 1. The topological polar surface area (TPSA) is 75.7 Å². The number of carbonyl (C=O) groups is 3. The van der Waals surface area contributed by atoms with E-state index in [0.29, 0.717) is 24.5 Å². The molecule has 0 bridgehead atoms. The maximum atomic E-state index is 12.3. The molecule has 0 spiro atoms. The molecule has 0 saturated heterocycles. The van der Waals surface area contributed by atoms with Crippen molar-refractivity contribution < 1.29 is 19.1 Å². The van der Waals surface area contributed by atoms with Gasteiger partial charge in [-0.1, -0.05) is 0 Å². The highest BCUT2D eigenvalue weighted by Crippen LogP contribution is 2.24. The van der Waals surface area contributed by atoms with Crippen LogP contribution in [-0.2, 0) is 27.3 Å². The van der Waals surface area contributed by atoms with Gasteiger partial charge >= 0.3 is 5.97 Å². The molecule has 7 heteroatoms. The fourth-order valence-corrected chi connectivity index (χ4v) is 3.71. The Morgan fingerprint density at radius 1 is 1.15 bits per heavy atom. The first-order chi connectivity index (χ1) is 12.5. The summed E-state index contributed by atoms with van der Waals surface area (Å²) in [5.41, 5.74) is 1.84. The summed E-state index contributed by atoms with van der Waals surface area (Å²) >= 11 is 1.73. The molecule has 2 heterocycles. The zero-order chi connectivity index (χ0) is 18.5. The molecule has 1 aliphatic rings. The molecule has 0 saturated carbocycles. The van der Waals surface area contributed by atoms with Gasteiger partial charge in [0.2, 0.25) is 11.8 Å². The largest absolute Gasteiger partial charge is 0.427 e. The summed E-state index contributed by atoms with van der Waals surface area (Å²) in [7, 11) is 0. The van der Waals surface area contributed by atoms with E-state index in [1.807, 2.05) is 5.38 Å². The van der Waals surface area contributed by atoms with Crippen LogP contribution in [0.1, 0.15) is 30.2 Å². The summed E-state index contributed by atoms with van der Waals surface area (Å²) in [6.07, 6.45) is 1.06. The van der Waals surface area contributed by atoms with Crippen molar-refractivity contribution in [3.8, 4) is 5.75 Å². The highest BCUT2D eigenvalue weighted by Gasteiger charge is 2.22. The van der Waals surface area contributed by atoms with Crippen LogP contribution in [0.3, 0.4) is 0 Å². The van der Waals surface area contributed by atoms with Crippen LogP contribution < -0.4 is 10.1 Å². The van der Waals surface area contributed by atoms with Crippen LogP contribution in [-0.4, -0.2) is 29.2 Å². The number of anilines is 1. The Hall–Kier alpha value is -2.67. The molecule has 1 aromatic carbocycles. The van der Waals surface area contributed by atoms with E-state index in [9.17, 15) is 14.4 Å². The van der Waals surface area contributed by atoms with Crippen LogP contribution in [0.25, 0.3) is 0 Å². The minimum absolute atomic E-state index is 0.0280. The second kappa shape index (κ2) is 8.14. The summed E-state index contributed by atoms with van der Waals surface area (Å²) in [6, 6.07) is 8.57. The smallest absolute Gasteiger partial charge is 0.311 e. The van der Waals surface area contributed by atoms with Crippen LogP contribution in [0.15, 0.2) is 35.7 Å². The number of ether oxygens (including phenoxy) is 1. The van der Waals surface area contributed by atoms with Crippen molar-refractivity contribution in [2.75, 3.05) is 11.9 Å². The third-order valence-corrected chi connectivity index (χ3v) is 5.13. The standard InChI is InChI=1S/C19H20N2O4S/c1-13(22)20-15-2-4-16(5-3-15)25-19(24)7-6-18(23)21-10-8-17-14(12-21)9-11-26-17/h2-5,9,11H,6-8,10,12H2,1H3,(H,20,22). The Morgan fingerprint density at radius 3 is 2.65 bits per heavy atom. The van der Waals surface area contributed by atoms with Crippen molar-refractivity contribution in [1.82, 2.24) is 4.90 Å². The maximum absolute atomic E-state index is 12.3. The summed E-state index contributed by atoms with van der Waals surface area (Å²) in [5, 5.41) is 4.69. The van der Waals surface area contributed by atoms with Gasteiger partial charge in [-0.05, 0) is 47.7 Å². The van der Waals surface area contributed by atoms with Crippen molar-refractivity contribution in [3.63, 3.8) is 0 Å².